The Morgan fingerprint density at radius 2 is 1.65 bits per heavy atom. The summed E-state index contributed by atoms with van der Waals surface area (Å²) in [6.07, 6.45) is 1.05. The highest BCUT2D eigenvalue weighted by atomic mass is 15.1. The molecule has 0 unspecified atom stereocenters. The number of nitrogens with one attached hydrogen (secondary N) is 1. The first-order chi connectivity index (χ1) is 9.80. The number of hydrogen-bond acceptors (Lipinski definition) is 1. The van der Waals surface area contributed by atoms with Gasteiger partial charge in [-0.3, -0.25) is 0 Å². The number of hydrogen-bond donors (Lipinski definition) is 1. The van der Waals surface area contributed by atoms with Gasteiger partial charge in [-0.15, -0.1) is 0 Å². The number of rotatable bonds is 4. The Balaban J connectivity index is 2.32. The van der Waals surface area contributed by atoms with Crippen molar-refractivity contribution in [1.29, 1.82) is 0 Å². The van der Waals surface area contributed by atoms with Gasteiger partial charge in [0.1, 0.15) is 0 Å². The van der Waals surface area contributed by atoms with Gasteiger partial charge in [0.15, 0.2) is 0 Å². The molecule has 0 amide bonds. The van der Waals surface area contributed by atoms with Gasteiger partial charge in [0, 0.05) is 35.1 Å². The summed E-state index contributed by atoms with van der Waals surface area (Å²) in [5, 5.41) is 2.66. The second-order valence-corrected chi connectivity index (χ2v) is 5.18. The molecule has 104 valence electrons. The quantitative estimate of drug-likeness (QED) is 0.723. The second kappa shape index (κ2) is 5.20. The third-order valence-electron chi connectivity index (χ3n) is 4.22. The van der Waals surface area contributed by atoms with Crippen molar-refractivity contribution in [3.05, 3.63) is 42.0 Å². The first kappa shape index (κ1) is 13.0. The average molecular weight is 266 g/mol. The fourth-order valence-corrected chi connectivity index (χ4v) is 3.18. The van der Waals surface area contributed by atoms with E-state index in [0.29, 0.717) is 0 Å². The molecule has 0 saturated carbocycles. The predicted octanol–water partition coefficient (Wildman–Crippen LogP) is 4.73. The number of aromatic nitrogens is 1. The van der Waals surface area contributed by atoms with Crippen LogP contribution in [0.5, 0.6) is 0 Å². The van der Waals surface area contributed by atoms with Crippen LogP contribution in [0, 0.1) is 0 Å². The van der Waals surface area contributed by atoms with Crippen LogP contribution in [0.15, 0.2) is 36.4 Å². The number of benzene rings is 2. The molecule has 0 bridgehead atoms. The summed E-state index contributed by atoms with van der Waals surface area (Å²) in [5.74, 6) is 0. The molecule has 1 aromatic heterocycles. The molecule has 0 atom stereocenters. The van der Waals surface area contributed by atoms with Gasteiger partial charge in [0.25, 0.3) is 0 Å². The van der Waals surface area contributed by atoms with E-state index >= 15 is 0 Å². The van der Waals surface area contributed by atoms with Crippen molar-refractivity contribution in [2.24, 2.45) is 0 Å². The van der Waals surface area contributed by atoms with Crippen LogP contribution < -0.4 is 4.90 Å². The topological polar surface area (TPSA) is 19.0 Å². The van der Waals surface area contributed by atoms with E-state index in [4.69, 9.17) is 0 Å². The van der Waals surface area contributed by atoms with Crippen LogP contribution in [-0.2, 0) is 6.42 Å². The molecule has 0 spiro atoms. The monoisotopic (exact) mass is 266 g/mol. The minimum atomic E-state index is 1.05. The lowest BCUT2D eigenvalue weighted by molar-refractivity contribution is 0.857. The minimum Gasteiger partial charge on any atom is -0.372 e. The molecule has 1 N–H and O–H groups in total. The van der Waals surface area contributed by atoms with Crippen LogP contribution in [0.25, 0.3) is 21.8 Å². The van der Waals surface area contributed by atoms with E-state index in [1.54, 1.807) is 0 Å². The van der Waals surface area contributed by atoms with Gasteiger partial charge >= 0.3 is 0 Å². The molecule has 2 nitrogen and oxygen atoms in total. The first-order valence-corrected chi connectivity index (χ1v) is 7.57. The number of H-pyrrole nitrogens is 1. The summed E-state index contributed by atoms with van der Waals surface area (Å²) >= 11 is 0. The third-order valence-corrected chi connectivity index (χ3v) is 4.22. The van der Waals surface area contributed by atoms with Crippen molar-refractivity contribution < 1.29 is 0 Å². The van der Waals surface area contributed by atoms with E-state index in [0.717, 1.165) is 19.5 Å². The van der Waals surface area contributed by atoms with E-state index in [9.17, 15) is 0 Å². The Kier molecular flexibility index (Phi) is 3.39. The van der Waals surface area contributed by atoms with Crippen LogP contribution in [-0.4, -0.2) is 18.1 Å². The molecule has 1 heterocycles. The summed E-state index contributed by atoms with van der Waals surface area (Å²) < 4.78 is 0. The predicted molar refractivity (Wildman–Crippen MR) is 88.7 cm³/mol. The van der Waals surface area contributed by atoms with Crippen molar-refractivity contribution in [2.75, 3.05) is 18.0 Å². The van der Waals surface area contributed by atoms with Crippen LogP contribution in [0.2, 0.25) is 0 Å². The highest BCUT2D eigenvalue weighted by molar-refractivity contribution is 6.09. The Hall–Kier alpha value is -1.96. The van der Waals surface area contributed by atoms with E-state index in [1.165, 1.54) is 33.1 Å². The van der Waals surface area contributed by atoms with E-state index in [2.05, 4.69) is 67.1 Å². The van der Waals surface area contributed by atoms with Crippen molar-refractivity contribution in [1.82, 2.24) is 4.98 Å². The number of fused-ring (bicyclic) bond motifs is 3. The average Bonchev–Trinajstić information content (AvgIpc) is 2.87. The normalized spacial score (nSPS) is 11.3. The molecular formula is C18H22N2. The summed E-state index contributed by atoms with van der Waals surface area (Å²) in [6, 6.07) is 13.1. The van der Waals surface area contributed by atoms with Gasteiger partial charge < -0.3 is 9.88 Å². The van der Waals surface area contributed by atoms with Crippen molar-refractivity contribution >= 4 is 27.5 Å². The molecule has 0 radical (unpaired) electrons. The zero-order valence-electron chi connectivity index (χ0n) is 12.5. The Bertz CT molecular complexity index is 736. The van der Waals surface area contributed by atoms with E-state index < -0.39 is 0 Å². The SMILES string of the molecule is CCc1c(N(CC)CC)ccc2c1[nH]c1ccccc12. The van der Waals surface area contributed by atoms with Crippen molar-refractivity contribution in [3.8, 4) is 0 Å². The smallest absolute Gasteiger partial charge is 0.0518 e. The number of para-hydroxylation sites is 1. The number of anilines is 1. The largest absolute Gasteiger partial charge is 0.372 e. The van der Waals surface area contributed by atoms with Gasteiger partial charge in [0.05, 0.1) is 5.52 Å². The maximum Gasteiger partial charge on any atom is 0.0518 e. The third kappa shape index (κ3) is 1.87. The molecule has 3 rings (SSSR count). The lowest BCUT2D eigenvalue weighted by atomic mass is 10.0. The van der Waals surface area contributed by atoms with Crippen LogP contribution >= 0.6 is 0 Å². The molecule has 0 aliphatic heterocycles. The second-order valence-electron chi connectivity index (χ2n) is 5.18. The zero-order valence-corrected chi connectivity index (χ0v) is 12.5. The Morgan fingerprint density at radius 1 is 0.900 bits per heavy atom. The fourth-order valence-electron chi connectivity index (χ4n) is 3.18. The molecule has 0 saturated heterocycles. The van der Waals surface area contributed by atoms with E-state index in [-0.39, 0.29) is 0 Å². The molecule has 0 fully saturated rings. The highest BCUT2D eigenvalue weighted by Crippen LogP contribution is 2.33. The zero-order chi connectivity index (χ0) is 14.1. The standard InChI is InChI=1S/C18H22N2/c1-4-13-17(20(5-2)6-3)12-11-15-14-9-7-8-10-16(14)19-18(13)15/h7-12,19H,4-6H2,1-3H3. The molecule has 2 aromatic carbocycles. The van der Waals surface area contributed by atoms with Crippen LogP contribution in [0.3, 0.4) is 0 Å². The Morgan fingerprint density at radius 3 is 2.35 bits per heavy atom. The molecule has 3 aromatic rings. The number of nitrogens with zero attached hydrogens (tertiary/aromatic N) is 1. The van der Waals surface area contributed by atoms with Gasteiger partial charge in [-0.2, -0.15) is 0 Å². The van der Waals surface area contributed by atoms with Gasteiger partial charge in [-0.25, -0.2) is 0 Å². The first-order valence-electron chi connectivity index (χ1n) is 7.57. The lowest BCUT2D eigenvalue weighted by Crippen LogP contribution is -2.23. The van der Waals surface area contributed by atoms with Crippen LogP contribution in [0.4, 0.5) is 5.69 Å². The summed E-state index contributed by atoms with van der Waals surface area (Å²) in [7, 11) is 0. The molecule has 0 aliphatic carbocycles. The summed E-state index contributed by atoms with van der Waals surface area (Å²) in [4.78, 5) is 6.05. The van der Waals surface area contributed by atoms with Gasteiger partial charge in [0.2, 0.25) is 0 Å². The van der Waals surface area contributed by atoms with Crippen LogP contribution in [0.1, 0.15) is 26.3 Å². The van der Waals surface area contributed by atoms with Gasteiger partial charge in [-0.05, 0) is 38.0 Å². The maximum atomic E-state index is 3.61. The summed E-state index contributed by atoms with van der Waals surface area (Å²) in [5.41, 5.74) is 5.34. The van der Waals surface area contributed by atoms with Crippen molar-refractivity contribution in [3.63, 3.8) is 0 Å². The van der Waals surface area contributed by atoms with Crippen molar-refractivity contribution in [2.45, 2.75) is 27.2 Å². The highest BCUT2D eigenvalue weighted by Gasteiger charge is 2.13. The number of aromatic amines is 1. The fraction of sp³-hybridized carbons (Fsp3) is 0.333. The molecule has 20 heavy (non-hydrogen) atoms. The Labute approximate surface area is 120 Å². The van der Waals surface area contributed by atoms with E-state index in [1.807, 2.05) is 0 Å². The lowest BCUT2D eigenvalue weighted by Gasteiger charge is -2.24. The molecule has 2 heteroatoms. The number of aryl methyl sites for hydroxylation is 1. The maximum absolute atomic E-state index is 3.61. The molecule has 0 aliphatic rings. The molecular weight excluding hydrogens is 244 g/mol. The summed E-state index contributed by atoms with van der Waals surface area (Å²) in [6.45, 7) is 8.79. The van der Waals surface area contributed by atoms with Gasteiger partial charge in [-0.1, -0.05) is 31.2 Å². The minimum absolute atomic E-state index is 1.05.